The van der Waals surface area contributed by atoms with E-state index in [0.29, 0.717) is 5.78 Å². The van der Waals surface area contributed by atoms with Crippen molar-refractivity contribution in [2.75, 3.05) is 13.6 Å². The number of rotatable bonds is 4. The fourth-order valence-corrected chi connectivity index (χ4v) is 2.63. The Morgan fingerprint density at radius 3 is 2.82 bits per heavy atom. The zero-order valence-electron chi connectivity index (χ0n) is 10.2. The minimum absolute atomic E-state index is 0.238. The topological polar surface area (TPSA) is 20.3 Å². The van der Waals surface area contributed by atoms with Crippen LogP contribution in [0, 0.1) is 5.92 Å². The van der Waals surface area contributed by atoms with Gasteiger partial charge in [0.2, 0.25) is 0 Å². The number of Topliss-reactive ketones (excluding diaryl/α,β-unsaturated/α-hetero) is 1. The van der Waals surface area contributed by atoms with Crippen LogP contribution in [-0.2, 0) is 11.3 Å². The van der Waals surface area contributed by atoms with Gasteiger partial charge < -0.3 is 4.90 Å². The predicted octanol–water partition coefficient (Wildman–Crippen LogP) is 3.14. The van der Waals surface area contributed by atoms with Gasteiger partial charge in [0, 0.05) is 30.5 Å². The maximum absolute atomic E-state index is 11.6. The lowest BCUT2D eigenvalue weighted by Gasteiger charge is -2.20. The van der Waals surface area contributed by atoms with Gasteiger partial charge in [-0.15, -0.1) is 0 Å². The van der Waals surface area contributed by atoms with E-state index >= 15 is 0 Å². The molecular formula is C14H18ClNO. The Balaban J connectivity index is 1.91. The second-order valence-electron chi connectivity index (χ2n) is 4.84. The van der Waals surface area contributed by atoms with E-state index in [-0.39, 0.29) is 5.92 Å². The highest BCUT2D eigenvalue weighted by Crippen LogP contribution is 2.23. The Hall–Kier alpha value is -0.860. The number of benzene rings is 1. The average Bonchev–Trinajstić information content (AvgIpc) is 2.68. The zero-order valence-corrected chi connectivity index (χ0v) is 10.9. The molecule has 0 N–H and O–H groups in total. The fourth-order valence-electron chi connectivity index (χ4n) is 2.44. The molecule has 0 saturated heterocycles. The van der Waals surface area contributed by atoms with Crippen LogP contribution in [-0.4, -0.2) is 24.3 Å². The number of ketones is 1. The van der Waals surface area contributed by atoms with Crippen molar-refractivity contribution in [2.45, 2.75) is 25.8 Å². The Labute approximate surface area is 108 Å². The molecule has 0 aromatic heterocycles. The first-order valence-corrected chi connectivity index (χ1v) is 6.49. The van der Waals surface area contributed by atoms with Crippen LogP contribution >= 0.6 is 11.6 Å². The zero-order chi connectivity index (χ0) is 12.3. The number of hydrogen-bond donors (Lipinski definition) is 0. The third-order valence-corrected chi connectivity index (χ3v) is 3.73. The molecule has 3 heteroatoms. The molecule has 1 unspecified atom stereocenters. The van der Waals surface area contributed by atoms with Crippen molar-refractivity contribution in [3.8, 4) is 0 Å². The van der Waals surface area contributed by atoms with Gasteiger partial charge in [-0.2, -0.15) is 0 Å². The van der Waals surface area contributed by atoms with E-state index in [9.17, 15) is 4.79 Å². The molecule has 1 atom stereocenters. The summed E-state index contributed by atoms with van der Waals surface area (Å²) in [4.78, 5) is 13.8. The SMILES string of the molecule is CN(Cc1ccccc1Cl)CC1CCCC1=O. The van der Waals surface area contributed by atoms with Crippen molar-refractivity contribution in [3.63, 3.8) is 0 Å². The minimum Gasteiger partial charge on any atom is -0.301 e. The third kappa shape index (κ3) is 3.30. The van der Waals surface area contributed by atoms with Crippen LogP contribution in [0.1, 0.15) is 24.8 Å². The van der Waals surface area contributed by atoms with E-state index in [2.05, 4.69) is 11.9 Å². The smallest absolute Gasteiger partial charge is 0.137 e. The monoisotopic (exact) mass is 251 g/mol. The number of carbonyl (C=O) groups is 1. The third-order valence-electron chi connectivity index (χ3n) is 3.36. The highest BCUT2D eigenvalue weighted by molar-refractivity contribution is 6.31. The van der Waals surface area contributed by atoms with Crippen molar-refractivity contribution in [1.29, 1.82) is 0 Å². The molecule has 1 aliphatic rings. The quantitative estimate of drug-likeness (QED) is 0.820. The van der Waals surface area contributed by atoms with Gasteiger partial charge in [-0.25, -0.2) is 0 Å². The van der Waals surface area contributed by atoms with Gasteiger partial charge in [-0.1, -0.05) is 29.8 Å². The molecule has 1 aliphatic carbocycles. The van der Waals surface area contributed by atoms with Gasteiger partial charge in [0.1, 0.15) is 5.78 Å². The predicted molar refractivity (Wildman–Crippen MR) is 70.1 cm³/mol. The van der Waals surface area contributed by atoms with Gasteiger partial charge >= 0.3 is 0 Å². The molecule has 1 saturated carbocycles. The van der Waals surface area contributed by atoms with Crippen molar-refractivity contribution in [1.82, 2.24) is 4.90 Å². The van der Waals surface area contributed by atoms with Crippen molar-refractivity contribution in [2.24, 2.45) is 5.92 Å². The maximum atomic E-state index is 11.6. The summed E-state index contributed by atoms with van der Waals surface area (Å²) in [5.74, 6) is 0.665. The molecule has 1 aromatic carbocycles. The summed E-state index contributed by atoms with van der Waals surface area (Å²) < 4.78 is 0. The summed E-state index contributed by atoms with van der Waals surface area (Å²) in [6.07, 6.45) is 2.87. The Morgan fingerprint density at radius 1 is 1.41 bits per heavy atom. The van der Waals surface area contributed by atoms with E-state index in [1.807, 2.05) is 24.3 Å². The Bertz CT molecular complexity index is 405. The maximum Gasteiger partial charge on any atom is 0.137 e. The molecule has 1 aromatic rings. The molecule has 0 amide bonds. The summed E-state index contributed by atoms with van der Waals surface area (Å²) in [5, 5.41) is 0.803. The summed E-state index contributed by atoms with van der Waals surface area (Å²) in [7, 11) is 2.05. The highest BCUT2D eigenvalue weighted by atomic mass is 35.5. The van der Waals surface area contributed by atoms with Crippen LogP contribution in [0.3, 0.4) is 0 Å². The Morgan fingerprint density at radius 2 is 2.18 bits per heavy atom. The first-order valence-electron chi connectivity index (χ1n) is 6.11. The molecule has 2 rings (SSSR count). The molecule has 0 aliphatic heterocycles. The molecule has 0 bridgehead atoms. The lowest BCUT2D eigenvalue weighted by Crippen LogP contribution is -2.27. The molecule has 0 heterocycles. The number of halogens is 1. The van der Waals surface area contributed by atoms with Crippen LogP contribution in [0.25, 0.3) is 0 Å². The molecule has 17 heavy (non-hydrogen) atoms. The molecule has 0 radical (unpaired) electrons. The first kappa shape index (κ1) is 12.6. The summed E-state index contributed by atoms with van der Waals surface area (Å²) in [5.41, 5.74) is 1.13. The lowest BCUT2D eigenvalue weighted by molar-refractivity contribution is -0.121. The van der Waals surface area contributed by atoms with E-state index in [1.165, 1.54) is 0 Å². The van der Waals surface area contributed by atoms with E-state index in [1.54, 1.807) is 0 Å². The Kier molecular flexibility index (Phi) is 4.19. The van der Waals surface area contributed by atoms with Gasteiger partial charge in [-0.05, 0) is 31.5 Å². The van der Waals surface area contributed by atoms with Gasteiger partial charge in [0.05, 0.1) is 0 Å². The number of carbonyl (C=O) groups excluding carboxylic acids is 1. The fraction of sp³-hybridized carbons (Fsp3) is 0.500. The second kappa shape index (κ2) is 5.65. The molecule has 1 fully saturated rings. The van der Waals surface area contributed by atoms with Gasteiger partial charge in [-0.3, -0.25) is 4.79 Å². The number of hydrogen-bond acceptors (Lipinski definition) is 2. The van der Waals surface area contributed by atoms with Crippen LogP contribution in [0.15, 0.2) is 24.3 Å². The van der Waals surface area contributed by atoms with Crippen LogP contribution in [0.4, 0.5) is 0 Å². The molecule has 2 nitrogen and oxygen atoms in total. The van der Waals surface area contributed by atoms with Crippen LogP contribution in [0.5, 0.6) is 0 Å². The summed E-state index contributed by atoms with van der Waals surface area (Å²) in [6, 6.07) is 7.88. The van der Waals surface area contributed by atoms with E-state index in [0.717, 1.165) is 42.9 Å². The summed E-state index contributed by atoms with van der Waals surface area (Å²) in [6.45, 7) is 1.66. The normalized spacial score (nSPS) is 20.2. The van der Waals surface area contributed by atoms with Crippen LogP contribution < -0.4 is 0 Å². The standard InChI is InChI=1S/C14H18ClNO/c1-16(10-12-6-4-8-14(12)17)9-11-5-2-3-7-13(11)15/h2-3,5,7,12H,4,6,8-10H2,1H3. The average molecular weight is 252 g/mol. The van der Waals surface area contributed by atoms with E-state index in [4.69, 9.17) is 11.6 Å². The molecule has 92 valence electrons. The highest BCUT2D eigenvalue weighted by Gasteiger charge is 2.25. The number of nitrogens with zero attached hydrogens (tertiary/aromatic N) is 1. The molecular weight excluding hydrogens is 234 g/mol. The van der Waals surface area contributed by atoms with E-state index < -0.39 is 0 Å². The van der Waals surface area contributed by atoms with Crippen molar-refractivity contribution >= 4 is 17.4 Å². The minimum atomic E-state index is 0.238. The van der Waals surface area contributed by atoms with Crippen LogP contribution in [0.2, 0.25) is 5.02 Å². The van der Waals surface area contributed by atoms with Crippen molar-refractivity contribution in [3.05, 3.63) is 34.9 Å². The first-order chi connectivity index (χ1) is 8.16. The van der Waals surface area contributed by atoms with Crippen molar-refractivity contribution < 1.29 is 4.79 Å². The molecule has 0 spiro atoms. The lowest BCUT2D eigenvalue weighted by atomic mass is 10.1. The van der Waals surface area contributed by atoms with Gasteiger partial charge in [0.25, 0.3) is 0 Å². The second-order valence-corrected chi connectivity index (χ2v) is 5.25. The summed E-state index contributed by atoms with van der Waals surface area (Å²) >= 11 is 6.12. The van der Waals surface area contributed by atoms with Gasteiger partial charge in [0.15, 0.2) is 0 Å². The largest absolute Gasteiger partial charge is 0.301 e.